The lowest BCUT2D eigenvalue weighted by Gasteiger charge is -2.11. The van der Waals surface area contributed by atoms with Crippen LogP contribution in [0.3, 0.4) is 0 Å². The van der Waals surface area contributed by atoms with E-state index in [0.717, 1.165) is 11.1 Å². The van der Waals surface area contributed by atoms with Gasteiger partial charge < -0.3 is 24.1 Å². The number of benzene rings is 2. The summed E-state index contributed by atoms with van der Waals surface area (Å²) in [5.74, 6) is 0.288. The molecule has 4 aromatic rings. The first kappa shape index (κ1) is 20.1. The molecule has 0 spiro atoms. The molecule has 2 heterocycles. The van der Waals surface area contributed by atoms with E-state index in [4.69, 9.17) is 13.9 Å². The van der Waals surface area contributed by atoms with Gasteiger partial charge in [0.15, 0.2) is 11.5 Å². The number of aromatic hydroxyl groups is 2. The van der Waals surface area contributed by atoms with E-state index in [2.05, 4.69) is 9.98 Å². The number of fused-ring (bicyclic) bond motifs is 1. The Hall–Kier alpha value is -4.20. The van der Waals surface area contributed by atoms with E-state index in [1.807, 2.05) is 12.1 Å². The molecule has 8 heteroatoms. The average Bonchev–Trinajstić information content (AvgIpc) is 3.30. The quantitative estimate of drug-likeness (QED) is 0.408. The number of nitrogens with zero attached hydrogens (tertiary/aromatic N) is 1. The van der Waals surface area contributed by atoms with Gasteiger partial charge in [-0.3, -0.25) is 14.8 Å². The third-order valence-electron chi connectivity index (χ3n) is 4.91. The Morgan fingerprint density at radius 2 is 1.90 bits per heavy atom. The fraction of sp³-hybridized carbons (Fsp3) is 0.130. The van der Waals surface area contributed by atoms with Crippen LogP contribution >= 0.6 is 0 Å². The van der Waals surface area contributed by atoms with Gasteiger partial charge in [0.2, 0.25) is 11.6 Å². The summed E-state index contributed by atoms with van der Waals surface area (Å²) >= 11 is 0. The number of pyridine rings is 1. The number of furan rings is 1. The lowest BCUT2D eigenvalue weighted by molar-refractivity contribution is 0.332. The van der Waals surface area contributed by atoms with Crippen LogP contribution in [-0.2, 0) is 6.54 Å². The largest absolute Gasteiger partial charge is 0.504 e. The van der Waals surface area contributed by atoms with Crippen LogP contribution in [0.1, 0.15) is 11.1 Å². The van der Waals surface area contributed by atoms with Gasteiger partial charge in [-0.05, 0) is 41.5 Å². The Morgan fingerprint density at radius 3 is 2.61 bits per heavy atom. The predicted octanol–water partition coefficient (Wildman–Crippen LogP) is 3.84. The van der Waals surface area contributed by atoms with Gasteiger partial charge in [-0.1, -0.05) is 6.07 Å². The van der Waals surface area contributed by atoms with E-state index in [0.29, 0.717) is 27.6 Å². The molecule has 31 heavy (non-hydrogen) atoms. The maximum absolute atomic E-state index is 12.3. The molecule has 2 aromatic heterocycles. The molecular weight excluding hydrogens is 400 g/mol. The van der Waals surface area contributed by atoms with Crippen LogP contribution in [0.15, 0.2) is 63.1 Å². The number of rotatable bonds is 6. The monoisotopic (exact) mass is 420 g/mol. The van der Waals surface area contributed by atoms with Crippen LogP contribution in [0.5, 0.6) is 23.1 Å². The highest BCUT2D eigenvalue weighted by Gasteiger charge is 2.13. The van der Waals surface area contributed by atoms with E-state index >= 15 is 0 Å². The van der Waals surface area contributed by atoms with Crippen LogP contribution in [0.4, 0.5) is 0 Å². The molecule has 0 bridgehead atoms. The number of phenolic OH excluding ortho intramolecular Hbond substituents is 1. The molecule has 0 aliphatic rings. The second-order valence-corrected chi connectivity index (χ2v) is 6.81. The van der Waals surface area contributed by atoms with Crippen molar-refractivity contribution in [3.8, 4) is 34.3 Å². The number of phenols is 1. The van der Waals surface area contributed by atoms with Crippen molar-refractivity contribution in [2.75, 3.05) is 14.2 Å². The molecule has 0 fully saturated rings. The minimum Gasteiger partial charge on any atom is -0.504 e. The van der Waals surface area contributed by atoms with Crippen molar-refractivity contribution >= 4 is 17.0 Å². The molecule has 3 N–H and O–H groups in total. The first-order valence-electron chi connectivity index (χ1n) is 9.37. The van der Waals surface area contributed by atoms with Crippen LogP contribution in [0.25, 0.3) is 21.9 Å². The van der Waals surface area contributed by atoms with E-state index in [1.54, 1.807) is 30.7 Å². The minimum atomic E-state index is -0.395. The molecule has 0 saturated heterocycles. The van der Waals surface area contributed by atoms with Gasteiger partial charge in [0.05, 0.1) is 38.9 Å². The zero-order chi connectivity index (χ0) is 22.0. The molecule has 0 radical (unpaired) electrons. The highest BCUT2D eigenvalue weighted by atomic mass is 16.5. The van der Waals surface area contributed by atoms with Crippen LogP contribution in [0.2, 0.25) is 0 Å². The number of aromatic nitrogens is 1. The van der Waals surface area contributed by atoms with Gasteiger partial charge in [-0.2, -0.15) is 0 Å². The number of nitrogens with one attached hydrogen (secondary N) is 1. The van der Waals surface area contributed by atoms with Crippen molar-refractivity contribution in [3.63, 3.8) is 0 Å². The Labute approximate surface area is 177 Å². The van der Waals surface area contributed by atoms with Gasteiger partial charge in [-0.25, -0.2) is 0 Å². The highest BCUT2D eigenvalue weighted by Crippen LogP contribution is 2.37. The summed E-state index contributed by atoms with van der Waals surface area (Å²) in [6.07, 6.45) is 4.65. The number of ether oxygens (including phenoxy) is 2. The Morgan fingerprint density at radius 1 is 1.06 bits per heavy atom. The molecule has 4 rings (SSSR count). The summed E-state index contributed by atoms with van der Waals surface area (Å²) in [5.41, 5.74) is 2.35. The number of hydrogen-bond donors (Lipinski definition) is 3. The van der Waals surface area contributed by atoms with Gasteiger partial charge >= 0.3 is 0 Å². The zero-order valence-electron chi connectivity index (χ0n) is 16.9. The Bertz CT molecular complexity index is 1320. The molecule has 0 unspecified atom stereocenters. The first-order valence-corrected chi connectivity index (χ1v) is 9.37. The number of H-pyrrole nitrogens is 1. The van der Waals surface area contributed by atoms with Crippen molar-refractivity contribution in [1.82, 2.24) is 4.98 Å². The lowest BCUT2D eigenvalue weighted by Crippen LogP contribution is -2.08. The molecule has 8 nitrogen and oxygen atoms in total. The van der Waals surface area contributed by atoms with Gasteiger partial charge in [0, 0.05) is 22.6 Å². The van der Waals surface area contributed by atoms with Gasteiger partial charge in [-0.15, -0.1) is 0 Å². The second-order valence-electron chi connectivity index (χ2n) is 6.81. The summed E-state index contributed by atoms with van der Waals surface area (Å²) in [5, 5.41) is 21.5. The van der Waals surface area contributed by atoms with Crippen LogP contribution in [0, 0.1) is 0 Å². The number of hydrogen-bond acceptors (Lipinski definition) is 7. The Balaban J connectivity index is 1.72. The molecule has 0 atom stereocenters. The maximum Gasteiger partial charge on any atom is 0.258 e. The molecule has 2 aromatic carbocycles. The minimum absolute atomic E-state index is 0.0610. The standard InChI is InChI=1S/C23H20N2O6/c1-29-20-8-13(7-19(26)21(20)30-2)10-24-11-18-17-9-14(15-5-6-31-12-15)3-4-16(17)22(27)25-23(18)28/h3-9,11-12,26H,10H2,1-2H3,(H2,25,27,28). The third-order valence-corrected chi connectivity index (χ3v) is 4.91. The first-order chi connectivity index (χ1) is 15.0. The van der Waals surface area contributed by atoms with Crippen LogP contribution < -0.4 is 15.0 Å². The summed E-state index contributed by atoms with van der Waals surface area (Å²) in [6, 6.07) is 10.4. The molecule has 0 aliphatic heterocycles. The Kier molecular flexibility index (Phi) is 5.36. The summed E-state index contributed by atoms with van der Waals surface area (Å²) in [6.45, 7) is 0.204. The van der Waals surface area contributed by atoms with Crippen molar-refractivity contribution in [1.29, 1.82) is 0 Å². The third kappa shape index (κ3) is 3.83. The number of aromatic amines is 1. The SMILES string of the molecule is COc1cc(CN=Cc2c(O)[nH]c(=O)c3ccc(-c4ccoc4)cc23)cc(O)c1OC. The van der Waals surface area contributed by atoms with Gasteiger partial charge in [0.25, 0.3) is 5.56 Å². The molecular formula is C23H20N2O6. The highest BCUT2D eigenvalue weighted by molar-refractivity contribution is 6.02. The van der Waals surface area contributed by atoms with E-state index in [9.17, 15) is 15.0 Å². The molecule has 0 amide bonds. The second kappa shape index (κ2) is 8.27. The predicted molar refractivity (Wildman–Crippen MR) is 116 cm³/mol. The summed E-state index contributed by atoms with van der Waals surface area (Å²) in [7, 11) is 2.92. The fourth-order valence-corrected chi connectivity index (χ4v) is 3.41. The van der Waals surface area contributed by atoms with E-state index in [-0.39, 0.29) is 23.9 Å². The average molecular weight is 420 g/mol. The number of aliphatic imine (C=N–C) groups is 1. The van der Waals surface area contributed by atoms with Crippen molar-refractivity contribution in [2.24, 2.45) is 4.99 Å². The van der Waals surface area contributed by atoms with Crippen molar-refractivity contribution in [2.45, 2.75) is 6.54 Å². The molecule has 0 aliphatic carbocycles. The van der Waals surface area contributed by atoms with Crippen molar-refractivity contribution in [3.05, 3.63) is 70.4 Å². The zero-order valence-corrected chi connectivity index (χ0v) is 16.9. The molecule has 0 saturated carbocycles. The van der Waals surface area contributed by atoms with Gasteiger partial charge in [0.1, 0.15) is 0 Å². The van der Waals surface area contributed by atoms with E-state index < -0.39 is 5.56 Å². The maximum atomic E-state index is 12.3. The fourth-order valence-electron chi connectivity index (χ4n) is 3.41. The van der Waals surface area contributed by atoms with Crippen LogP contribution in [-0.4, -0.2) is 35.6 Å². The smallest absolute Gasteiger partial charge is 0.258 e. The number of methoxy groups -OCH3 is 2. The lowest BCUT2D eigenvalue weighted by atomic mass is 10.0. The summed E-state index contributed by atoms with van der Waals surface area (Å²) in [4.78, 5) is 19.1. The summed E-state index contributed by atoms with van der Waals surface area (Å²) < 4.78 is 15.5. The van der Waals surface area contributed by atoms with Crippen molar-refractivity contribution < 1.29 is 24.1 Å². The topological polar surface area (TPSA) is 117 Å². The van der Waals surface area contributed by atoms with E-state index in [1.165, 1.54) is 26.5 Å². The normalized spacial score (nSPS) is 11.3. The molecule has 158 valence electrons.